The van der Waals surface area contributed by atoms with Gasteiger partial charge in [0.25, 0.3) is 11.8 Å². The van der Waals surface area contributed by atoms with Crippen LogP contribution in [0.5, 0.6) is 17.8 Å². The summed E-state index contributed by atoms with van der Waals surface area (Å²) in [5.74, 6) is -0.147. The fraction of sp³-hybridized carbons (Fsp3) is 0.692. The summed E-state index contributed by atoms with van der Waals surface area (Å²) in [7, 11) is -6.23. The number of aromatic nitrogens is 2. The third kappa shape index (κ3) is 6.97. The van der Waals surface area contributed by atoms with E-state index in [4.69, 9.17) is 13.3 Å². The molecule has 0 fully saturated rings. The molecule has 1 aromatic rings. The van der Waals surface area contributed by atoms with Crippen molar-refractivity contribution in [3.05, 3.63) is 10.1 Å². The van der Waals surface area contributed by atoms with Gasteiger partial charge in [-0.2, -0.15) is 9.97 Å². The van der Waals surface area contributed by atoms with Gasteiger partial charge in [-0.25, -0.2) is 0 Å². The van der Waals surface area contributed by atoms with Crippen LogP contribution in [0.2, 0.25) is 58.9 Å². The zero-order chi connectivity index (χ0) is 18.9. The number of nitro groups is 1. The second-order valence-corrected chi connectivity index (χ2v) is 21.7. The Labute approximate surface area is 146 Å². The van der Waals surface area contributed by atoms with Crippen LogP contribution in [0.1, 0.15) is 0 Å². The SMILES string of the molecule is C[Si](C)(C)Oc1nc(O[Si](C)(C)C)c([N+](=O)[O-])c(O[Si](C)(C)C)n1. The summed E-state index contributed by atoms with van der Waals surface area (Å²) in [4.78, 5) is 19.3. The van der Waals surface area contributed by atoms with Gasteiger partial charge in [0, 0.05) is 0 Å². The fourth-order valence-electron chi connectivity index (χ4n) is 1.59. The summed E-state index contributed by atoms with van der Waals surface area (Å²) >= 11 is 0. The van der Waals surface area contributed by atoms with Crippen molar-refractivity contribution in [2.45, 2.75) is 58.9 Å². The van der Waals surface area contributed by atoms with Crippen LogP contribution in [0.15, 0.2) is 0 Å². The second-order valence-electron chi connectivity index (χ2n) is 8.37. The van der Waals surface area contributed by atoms with E-state index in [1.54, 1.807) is 0 Å². The summed E-state index contributed by atoms with van der Waals surface area (Å²) in [5, 5.41) is 11.6. The zero-order valence-corrected chi connectivity index (χ0v) is 18.9. The van der Waals surface area contributed by atoms with Crippen molar-refractivity contribution in [3.63, 3.8) is 0 Å². The summed E-state index contributed by atoms with van der Waals surface area (Å²) in [6.07, 6.45) is 0. The molecule has 0 atom stereocenters. The molecular formula is C13H27N3O5Si3. The molecule has 1 rings (SSSR count). The van der Waals surface area contributed by atoms with Crippen LogP contribution in [0.25, 0.3) is 0 Å². The van der Waals surface area contributed by atoms with Crippen molar-refractivity contribution < 1.29 is 18.2 Å². The lowest BCUT2D eigenvalue weighted by molar-refractivity contribution is -0.386. The minimum atomic E-state index is -2.12. The van der Waals surface area contributed by atoms with Crippen LogP contribution in [-0.2, 0) is 0 Å². The third-order valence-electron chi connectivity index (χ3n) is 2.19. The molecule has 0 aliphatic heterocycles. The maximum absolute atomic E-state index is 11.6. The molecule has 8 nitrogen and oxygen atoms in total. The Hall–Kier alpha value is -1.47. The van der Waals surface area contributed by atoms with Crippen LogP contribution in [0, 0.1) is 10.1 Å². The zero-order valence-electron chi connectivity index (χ0n) is 15.9. The Kier molecular flexibility index (Phi) is 5.83. The predicted octanol–water partition coefficient (Wildman–Crippen LogP) is 4.03. The molecule has 0 bridgehead atoms. The monoisotopic (exact) mass is 389 g/mol. The van der Waals surface area contributed by atoms with E-state index in [1.807, 2.05) is 58.9 Å². The third-order valence-corrected chi connectivity index (χ3v) is 4.59. The highest BCUT2D eigenvalue weighted by atomic mass is 28.4. The first-order valence-electron chi connectivity index (χ1n) is 7.71. The summed E-state index contributed by atoms with van der Waals surface area (Å²) in [5.41, 5.74) is -0.331. The minimum Gasteiger partial charge on any atom is -0.526 e. The van der Waals surface area contributed by atoms with Gasteiger partial charge < -0.3 is 13.3 Å². The molecule has 0 saturated carbocycles. The highest BCUT2D eigenvalue weighted by molar-refractivity contribution is 6.71. The molecule has 0 aliphatic rings. The smallest absolute Gasteiger partial charge is 0.389 e. The van der Waals surface area contributed by atoms with E-state index in [0.29, 0.717) is 0 Å². The van der Waals surface area contributed by atoms with E-state index in [1.165, 1.54) is 0 Å². The van der Waals surface area contributed by atoms with E-state index in [-0.39, 0.29) is 23.5 Å². The quantitative estimate of drug-likeness (QED) is 0.394. The van der Waals surface area contributed by atoms with Crippen molar-refractivity contribution in [1.82, 2.24) is 9.97 Å². The Balaban J connectivity index is 3.54. The normalized spacial score (nSPS) is 12.7. The van der Waals surface area contributed by atoms with Crippen molar-refractivity contribution >= 4 is 30.6 Å². The molecule has 136 valence electrons. The Morgan fingerprint density at radius 3 is 1.33 bits per heavy atom. The molecule has 0 aliphatic carbocycles. The van der Waals surface area contributed by atoms with E-state index in [9.17, 15) is 10.1 Å². The van der Waals surface area contributed by atoms with Gasteiger partial charge in [0.05, 0.1) is 4.92 Å². The van der Waals surface area contributed by atoms with E-state index in [0.717, 1.165) is 0 Å². The van der Waals surface area contributed by atoms with Gasteiger partial charge >= 0.3 is 11.7 Å². The average molecular weight is 390 g/mol. The highest BCUT2D eigenvalue weighted by Gasteiger charge is 2.34. The van der Waals surface area contributed by atoms with Gasteiger partial charge in [0.1, 0.15) is 0 Å². The molecule has 24 heavy (non-hydrogen) atoms. The Bertz CT molecular complexity index is 584. The summed E-state index contributed by atoms with van der Waals surface area (Å²) in [6, 6.07) is 0.0706. The van der Waals surface area contributed by atoms with Crippen molar-refractivity contribution in [2.24, 2.45) is 0 Å². The molecule has 0 amide bonds. The number of hydrogen-bond donors (Lipinski definition) is 0. The van der Waals surface area contributed by atoms with Crippen LogP contribution in [0.4, 0.5) is 5.69 Å². The van der Waals surface area contributed by atoms with Crippen molar-refractivity contribution in [3.8, 4) is 17.8 Å². The lowest BCUT2D eigenvalue weighted by atomic mass is 10.5. The van der Waals surface area contributed by atoms with Crippen molar-refractivity contribution in [2.75, 3.05) is 0 Å². The van der Waals surface area contributed by atoms with E-state index < -0.39 is 29.9 Å². The topological polar surface area (TPSA) is 96.6 Å². The molecule has 0 unspecified atom stereocenters. The summed E-state index contributed by atoms with van der Waals surface area (Å²) in [6.45, 7) is 17.5. The van der Waals surface area contributed by atoms with Gasteiger partial charge in [0.2, 0.25) is 25.0 Å². The number of rotatable bonds is 7. The van der Waals surface area contributed by atoms with Gasteiger partial charge in [0.15, 0.2) is 0 Å². The Morgan fingerprint density at radius 1 is 0.750 bits per heavy atom. The van der Waals surface area contributed by atoms with Crippen LogP contribution < -0.4 is 13.3 Å². The lowest BCUT2D eigenvalue weighted by Crippen LogP contribution is -2.34. The molecule has 11 heteroatoms. The summed E-state index contributed by atoms with van der Waals surface area (Å²) < 4.78 is 17.5. The highest BCUT2D eigenvalue weighted by Crippen LogP contribution is 2.38. The molecule has 0 aromatic carbocycles. The van der Waals surface area contributed by atoms with Crippen LogP contribution in [0.3, 0.4) is 0 Å². The van der Waals surface area contributed by atoms with Gasteiger partial charge in [-0.05, 0) is 58.9 Å². The number of hydrogen-bond acceptors (Lipinski definition) is 7. The second kappa shape index (κ2) is 6.80. The molecule has 1 heterocycles. The first-order valence-corrected chi connectivity index (χ1v) is 17.9. The van der Waals surface area contributed by atoms with Crippen LogP contribution >= 0.6 is 0 Å². The largest absolute Gasteiger partial charge is 0.526 e. The maximum Gasteiger partial charge on any atom is 0.389 e. The molecular weight excluding hydrogens is 362 g/mol. The fourth-order valence-corrected chi connectivity index (χ4v) is 3.68. The predicted molar refractivity (Wildman–Crippen MR) is 101 cm³/mol. The minimum absolute atomic E-state index is 0.0706. The van der Waals surface area contributed by atoms with E-state index >= 15 is 0 Å². The van der Waals surface area contributed by atoms with Gasteiger partial charge in [-0.15, -0.1) is 0 Å². The molecule has 0 spiro atoms. The van der Waals surface area contributed by atoms with E-state index in [2.05, 4.69) is 9.97 Å². The van der Waals surface area contributed by atoms with Gasteiger partial charge in [-0.1, -0.05) is 0 Å². The number of nitrogens with zero attached hydrogens (tertiary/aromatic N) is 3. The van der Waals surface area contributed by atoms with Crippen LogP contribution in [-0.4, -0.2) is 39.8 Å². The first-order chi connectivity index (χ1) is 10.6. The Morgan fingerprint density at radius 2 is 1.08 bits per heavy atom. The molecule has 0 saturated heterocycles. The van der Waals surface area contributed by atoms with Crippen molar-refractivity contribution in [1.29, 1.82) is 0 Å². The first kappa shape index (κ1) is 20.6. The molecule has 0 N–H and O–H groups in total. The lowest BCUT2D eigenvalue weighted by Gasteiger charge is -2.23. The standard InChI is InChI=1S/C13H27N3O5Si3/c1-22(2,3)19-11-10(16(17)18)12(20-23(4,5)6)15-13(14-11)21-24(7,8)9/h1-9H3. The molecule has 1 aromatic heterocycles. The average Bonchev–Trinajstić information content (AvgIpc) is 2.19. The maximum atomic E-state index is 11.6. The molecule has 0 radical (unpaired) electrons. The van der Waals surface area contributed by atoms with Gasteiger partial charge in [-0.3, -0.25) is 10.1 Å².